The third-order valence-corrected chi connectivity index (χ3v) is 5.85. The molecule has 0 fully saturated rings. The number of nitrogens with one attached hydrogen (secondary N) is 1. The predicted molar refractivity (Wildman–Crippen MR) is 139 cm³/mol. The minimum atomic E-state index is -0.314. The van der Waals surface area contributed by atoms with Crippen LogP contribution >= 0.6 is 11.8 Å². The molecule has 3 rings (SSSR count). The number of hydrogen-bond acceptors (Lipinski definition) is 9. The molecular weight excluding hydrogens is 480 g/mol. The molecule has 2 N–H and O–H groups in total. The number of aromatic hydroxyl groups is 1. The Hall–Kier alpha value is -3.79. The number of allylic oxidation sites excluding steroid dienone is 1. The molecule has 0 unspecified atom stereocenters. The summed E-state index contributed by atoms with van der Waals surface area (Å²) in [5.41, 5.74) is 5.02. The predicted octanol–water partition coefficient (Wildman–Crippen LogP) is 4.33. The second-order valence-electron chi connectivity index (χ2n) is 7.70. The van der Waals surface area contributed by atoms with Gasteiger partial charge in [-0.05, 0) is 61.6 Å². The van der Waals surface area contributed by atoms with Crippen LogP contribution in [0.3, 0.4) is 0 Å². The number of benzene rings is 2. The van der Waals surface area contributed by atoms with Gasteiger partial charge in [-0.1, -0.05) is 30.0 Å². The second-order valence-corrected chi connectivity index (χ2v) is 8.62. The Kier molecular flexibility index (Phi) is 10.4. The van der Waals surface area contributed by atoms with Gasteiger partial charge in [0.2, 0.25) is 5.89 Å². The number of rotatable bonds is 14. The summed E-state index contributed by atoms with van der Waals surface area (Å²) >= 11 is 1.15. The van der Waals surface area contributed by atoms with E-state index in [1.165, 1.54) is 11.8 Å². The van der Waals surface area contributed by atoms with E-state index < -0.39 is 0 Å². The molecule has 0 aliphatic carbocycles. The molecule has 0 radical (unpaired) electrons. The Bertz CT molecular complexity index is 1180. The minimum absolute atomic E-state index is 0.0757. The lowest BCUT2D eigenvalue weighted by atomic mass is 10.1. The SMILES string of the molecule is C=CCc1cc(/C=N/NC(=O)CSc2nnc(CCCc3ccc(OC)cc3)o2)cc(OCC)c1O. The van der Waals surface area contributed by atoms with Gasteiger partial charge in [-0.25, -0.2) is 5.43 Å². The van der Waals surface area contributed by atoms with Crippen molar-refractivity contribution in [3.8, 4) is 17.2 Å². The molecule has 9 nitrogen and oxygen atoms in total. The highest BCUT2D eigenvalue weighted by atomic mass is 32.2. The van der Waals surface area contributed by atoms with Crippen molar-refractivity contribution >= 4 is 23.9 Å². The summed E-state index contributed by atoms with van der Waals surface area (Å²) in [6.45, 7) is 5.95. The van der Waals surface area contributed by atoms with E-state index in [1.807, 2.05) is 31.2 Å². The fourth-order valence-corrected chi connectivity index (χ4v) is 3.89. The van der Waals surface area contributed by atoms with E-state index >= 15 is 0 Å². The molecule has 0 saturated carbocycles. The van der Waals surface area contributed by atoms with Crippen molar-refractivity contribution in [1.82, 2.24) is 15.6 Å². The smallest absolute Gasteiger partial charge is 0.277 e. The number of carbonyl (C=O) groups excluding carboxylic acids is 1. The normalized spacial score (nSPS) is 10.9. The van der Waals surface area contributed by atoms with Gasteiger partial charge in [0.1, 0.15) is 5.75 Å². The van der Waals surface area contributed by atoms with Gasteiger partial charge in [0, 0.05) is 12.0 Å². The maximum Gasteiger partial charge on any atom is 0.277 e. The lowest BCUT2D eigenvalue weighted by molar-refractivity contribution is -0.118. The highest BCUT2D eigenvalue weighted by molar-refractivity contribution is 7.99. The fraction of sp³-hybridized carbons (Fsp3) is 0.308. The van der Waals surface area contributed by atoms with Crippen LogP contribution in [0.4, 0.5) is 0 Å². The molecule has 1 amide bonds. The molecule has 36 heavy (non-hydrogen) atoms. The summed E-state index contributed by atoms with van der Waals surface area (Å²) in [5.74, 6) is 1.57. The Balaban J connectivity index is 1.44. The van der Waals surface area contributed by atoms with Crippen molar-refractivity contribution in [1.29, 1.82) is 0 Å². The first-order valence-electron chi connectivity index (χ1n) is 11.5. The third-order valence-electron chi connectivity index (χ3n) is 5.03. The monoisotopic (exact) mass is 510 g/mol. The van der Waals surface area contributed by atoms with Gasteiger partial charge in [0.25, 0.3) is 11.1 Å². The van der Waals surface area contributed by atoms with Crippen molar-refractivity contribution in [2.75, 3.05) is 19.5 Å². The minimum Gasteiger partial charge on any atom is -0.504 e. The van der Waals surface area contributed by atoms with Gasteiger partial charge in [-0.15, -0.1) is 16.8 Å². The number of thioether (sulfide) groups is 1. The van der Waals surface area contributed by atoms with Crippen LogP contribution in [0.2, 0.25) is 0 Å². The standard InChI is InChI=1S/C26H30N4O5S/c1-4-7-20-14-19(15-22(25(20)32)34-5-2)16-27-28-23(31)17-36-26-30-29-24(35-26)9-6-8-18-10-12-21(33-3)13-11-18/h4,10-16,32H,1,5-9,17H2,2-3H3,(H,28,31)/b27-16+. The number of phenolic OH excluding ortho intramolecular Hbond substituents is 1. The van der Waals surface area contributed by atoms with Crippen molar-refractivity contribution in [3.05, 3.63) is 71.6 Å². The van der Waals surface area contributed by atoms with Crippen molar-refractivity contribution < 1.29 is 23.8 Å². The first-order valence-corrected chi connectivity index (χ1v) is 12.5. The molecule has 0 bridgehead atoms. The average molecular weight is 511 g/mol. The first kappa shape index (κ1) is 26.8. The number of methoxy groups -OCH3 is 1. The van der Waals surface area contributed by atoms with Gasteiger partial charge < -0.3 is 19.0 Å². The lowest BCUT2D eigenvalue weighted by Crippen LogP contribution is -2.19. The number of aryl methyl sites for hydroxylation is 2. The van der Waals surface area contributed by atoms with E-state index in [1.54, 1.807) is 25.3 Å². The summed E-state index contributed by atoms with van der Waals surface area (Å²) in [7, 11) is 1.65. The van der Waals surface area contributed by atoms with E-state index in [0.29, 0.717) is 47.4 Å². The Labute approximate surface area is 214 Å². The highest BCUT2D eigenvalue weighted by Crippen LogP contribution is 2.32. The molecule has 0 aliphatic rings. The van der Waals surface area contributed by atoms with Crippen LogP contribution in [0, 0.1) is 0 Å². The van der Waals surface area contributed by atoms with E-state index in [4.69, 9.17) is 13.9 Å². The number of ether oxygens (including phenoxy) is 2. The molecule has 0 atom stereocenters. The topological polar surface area (TPSA) is 119 Å². The molecule has 1 aromatic heterocycles. The van der Waals surface area contributed by atoms with Crippen LogP contribution < -0.4 is 14.9 Å². The summed E-state index contributed by atoms with van der Waals surface area (Å²) < 4.78 is 16.3. The number of phenols is 1. The van der Waals surface area contributed by atoms with Crippen LogP contribution in [0.5, 0.6) is 17.2 Å². The van der Waals surface area contributed by atoms with Gasteiger partial charge in [-0.3, -0.25) is 4.79 Å². The van der Waals surface area contributed by atoms with Crippen LogP contribution in [0.1, 0.15) is 35.9 Å². The fourth-order valence-electron chi connectivity index (χ4n) is 3.31. The van der Waals surface area contributed by atoms with Crippen molar-refractivity contribution in [2.45, 2.75) is 37.8 Å². The van der Waals surface area contributed by atoms with Gasteiger partial charge in [0.15, 0.2) is 11.5 Å². The van der Waals surface area contributed by atoms with Gasteiger partial charge >= 0.3 is 0 Å². The van der Waals surface area contributed by atoms with Crippen LogP contribution in [-0.2, 0) is 24.1 Å². The van der Waals surface area contributed by atoms with Crippen molar-refractivity contribution in [3.63, 3.8) is 0 Å². The van der Waals surface area contributed by atoms with Crippen LogP contribution in [0.15, 0.2) is 63.8 Å². The zero-order valence-electron chi connectivity index (χ0n) is 20.4. The maximum absolute atomic E-state index is 12.2. The van der Waals surface area contributed by atoms with E-state index in [0.717, 1.165) is 30.4 Å². The summed E-state index contributed by atoms with van der Waals surface area (Å²) in [5, 5.41) is 22.6. The zero-order valence-corrected chi connectivity index (χ0v) is 21.2. The average Bonchev–Trinajstić information content (AvgIpc) is 3.34. The van der Waals surface area contributed by atoms with E-state index in [-0.39, 0.29) is 17.4 Å². The van der Waals surface area contributed by atoms with Crippen molar-refractivity contribution in [2.24, 2.45) is 5.10 Å². The number of hydrogen-bond donors (Lipinski definition) is 2. The molecule has 2 aromatic carbocycles. The number of aromatic nitrogens is 2. The first-order chi connectivity index (χ1) is 17.5. The summed E-state index contributed by atoms with van der Waals surface area (Å²) in [6, 6.07) is 11.4. The molecule has 0 spiro atoms. The Morgan fingerprint density at radius 1 is 1.25 bits per heavy atom. The second kappa shape index (κ2) is 13.9. The van der Waals surface area contributed by atoms with E-state index in [2.05, 4.69) is 27.3 Å². The molecule has 190 valence electrons. The van der Waals surface area contributed by atoms with Gasteiger partial charge in [0.05, 0.1) is 25.7 Å². The summed E-state index contributed by atoms with van der Waals surface area (Å²) in [6.07, 6.45) is 6.06. The molecule has 0 saturated heterocycles. The van der Waals surface area contributed by atoms with E-state index in [9.17, 15) is 9.90 Å². The Morgan fingerprint density at radius 2 is 2.06 bits per heavy atom. The van der Waals surface area contributed by atoms with Gasteiger partial charge in [-0.2, -0.15) is 5.10 Å². The number of carbonyl (C=O) groups is 1. The quantitative estimate of drug-likeness (QED) is 0.142. The molecular formula is C26H30N4O5S. The maximum atomic E-state index is 12.2. The molecule has 10 heteroatoms. The molecule has 0 aliphatic heterocycles. The highest BCUT2D eigenvalue weighted by Gasteiger charge is 2.11. The molecule has 3 aromatic rings. The zero-order chi connectivity index (χ0) is 25.8. The number of hydrazone groups is 1. The lowest BCUT2D eigenvalue weighted by Gasteiger charge is -2.10. The van der Waals surface area contributed by atoms with Crippen LogP contribution in [-0.4, -0.2) is 46.9 Å². The molecule has 1 heterocycles. The third kappa shape index (κ3) is 8.16. The van der Waals surface area contributed by atoms with Crippen LogP contribution in [0.25, 0.3) is 0 Å². The number of amides is 1. The summed E-state index contributed by atoms with van der Waals surface area (Å²) in [4.78, 5) is 12.2. The number of nitrogens with zero attached hydrogens (tertiary/aromatic N) is 3. The Morgan fingerprint density at radius 3 is 2.78 bits per heavy atom. The largest absolute Gasteiger partial charge is 0.504 e.